The number of nitrogens with one attached hydrogen (secondary N) is 1. The van der Waals surface area contributed by atoms with Crippen molar-refractivity contribution in [3.63, 3.8) is 0 Å². The Bertz CT molecular complexity index is 875. The monoisotopic (exact) mass is 392 g/mol. The van der Waals surface area contributed by atoms with Crippen LogP contribution in [0.3, 0.4) is 0 Å². The lowest BCUT2D eigenvalue weighted by Crippen LogP contribution is -2.46. The van der Waals surface area contributed by atoms with Crippen LogP contribution < -0.4 is 15.0 Å². The minimum absolute atomic E-state index is 0.0170. The van der Waals surface area contributed by atoms with Gasteiger partial charge < -0.3 is 15.0 Å². The van der Waals surface area contributed by atoms with Gasteiger partial charge in [0.05, 0.1) is 5.69 Å². The Balaban J connectivity index is 1.39. The summed E-state index contributed by atoms with van der Waals surface area (Å²) in [6, 6.07) is 18.0. The number of fused-ring (bicyclic) bond motifs is 1. The van der Waals surface area contributed by atoms with E-state index < -0.39 is 6.10 Å². The molecule has 0 radical (unpaired) electrons. The number of hydrogen-bond donors (Lipinski definition) is 1. The molecule has 5 nitrogen and oxygen atoms in total. The summed E-state index contributed by atoms with van der Waals surface area (Å²) >= 11 is 0. The summed E-state index contributed by atoms with van der Waals surface area (Å²) in [5, 5.41) is 3.15. The molecule has 0 bridgehead atoms. The highest BCUT2D eigenvalue weighted by Crippen LogP contribution is 2.40. The first-order chi connectivity index (χ1) is 14.1. The highest BCUT2D eigenvalue weighted by Gasteiger charge is 2.36. The van der Waals surface area contributed by atoms with Gasteiger partial charge in [0.2, 0.25) is 5.91 Å². The van der Waals surface area contributed by atoms with E-state index >= 15 is 0 Å². The summed E-state index contributed by atoms with van der Waals surface area (Å²) < 4.78 is 5.67. The van der Waals surface area contributed by atoms with Gasteiger partial charge in [-0.2, -0.15) is 0 Å². The lowest BCUT2D eigenvalue weighted by Gasteiger charge is -2.33. The number of anilines is 1. The highest BCUT2D eigenvalue weighted by atomic mass is 16.5. The second-order valence-electron chi connectivity index (χ2n) is 8.10. The van der Waals surface area contributed by atoms with Crippen molar-refractivity contribution in [1.82, 2.24) is 5.32 Å². The molecule has 2 aromatic carbocycles. The van der Waals surface area contributed by atoms with E-state index in [0.29, 0.717) is 18.8 Å². The van der Waals surface area contributed by atoms with Gasteiger partial charge in [-0.15, -0.1) is 0 Å². The van der Waals surface area contributed by atoms with Crippen molar-refractivity contribution < 1.29 is 14.3 Å². The van der Waals surface area contributed by atoms with Crippen LogP contribution in [0.1, 0.15) is 44.6 Å². The van der Waals surface area contributed by atoms with E-state index in [4.69, 9.17) is 4.74 Å². The minimum atomic E-state index is -0.534. The Hall–Kier alpha value is -2.82. The van der Waals surface area contributed by atoms with Crippen LogP contribution >= 0.6 is 0 Å². The zero-order chi connectivity index (χ0) is 20.3. The van der Waals surface area contributed by atoms with Gasteiger partial charge in [-0.1, -0.05) is 55.3 Å². The number of benzene rings is 2. The molecule has 2 aliphatic rings. The molecule has 1 saturated carbocycles. The average molecular weight is 392 g/mol. The van der Waals surface area contributed by atoms with Gasteiger partial charge in [-0.3, -0.25) is 9.59 Å². The van der Waals surface area contributed by atoms with Crippen molar-refractivity contribution in [3.05, 3.63) is 60.2 Å². The Kier molecular flexibility index (Phi) is 5.56. The van der Waals surface area contributed by atoms with Crippen molar-refractivity contribution in [1.29, 1.82) is 0 Å². The Labute approximate surface area is 172 Å². The third-order valence-corrected chi connectivity index (χ3v) is 6.21. The molecule has 2 amide bonds. The van der Waals surface area contributed by atoms with Crippen LogP contribution in [0.15, 0.2) is 54.6 Å². The van der Waals surface area contributed by atoms with E-state index in [0.717, 1.165) is 18.5 Å². The summed E-state index contributed by atoms with van der Waals surface area (Å²) in [7, 11) is 0. The maximum Gasteiger partial charge on any atom is 0.267 e. The summed E-state index contributed by atoms with van der Waals surface area (Å²) in [5.74, 6) is 0.568. The molecular weight excluding hydrogens is 364 g/mol. The van der Waals surface area contributed by atoms with Gasteiger partial charge in [0.1, 0.15) is 5.75 Å². The van der Waals surface area contributed by atoms with Gasteiger partial charge in [0, 0.05) is 24.9 Å². The van der Waals surface area contributed by atoms with E-state index in [1.807, 2.05) is 30.3 Å². The number of rotatable bonds is 6. The predicted molar refractivity (Wildman–Crippen MR) is 113 cm³/mol. The topological polar surface area (TPSA) is 58.6 Å². The molecule has 29 heavy (non-hydrogen) atoms. The van der Waals surface area contributed by atoms with E-state index in [-0.39, 0.29) is 23.7 Å². The Morgan fingerprint density at radius 2 is 1.79 bits per heavy atom. The number of carbonyl (C=O) groups excluding carboxylic acids is 2. The van der Waals surface area contributed by atoms with Crippen molar-refractivity contribution in [2.24, 2.45) is 0 Å². The molecule has 0 unspecified atom stereocenters. The molecule has 1 N–H and O–H groups in total. The van der Waals surface area contributed by atoms with Gasteiger partial charge in [0.15, 0.2) is 6.10 Å². The third-order valence-electron chi connectivity index (χ3n) is 6.21. The first kappa shape index (κ1) is 19.5. The fraction of sp³-hybridized carbons (Fsp3) is 0.417. The normalized spacial score (nSPS) is 20.1. The molecule has 0 saturated heterocycles. The quantitative estimate of drug-likeness (QED) is 0.813. The number of carbonyl (C=O) groups is 2. The van der Waals surface area contributed by atoms with Crippen LogP contribution in [-0.4, -0.2) is 31.0 Å². The van der Waals surface area contributed by atoms with E-state index in [9.17, 15) is 9.59 Å². The molecule has 2 aromatic rings. The molecule has 4 rings (SSSR count). The number of amides is 2. The predicted octanol–water partition coefficient (Wildman–Crippen LogP) is 3.82. The number of para-hydroxylation sites is 2. The summed E-state index contributed by atoms with van der Waals surface area (Å²) in [6.07, 6.45) is 4.34. The molecule has 5 heteroatoms. The minimum Gasteiger partial charge on any atom is -0.479 e. The summed E-state index contributed by atoms with van der Waals surface area (Å²) in [6.45, 7) is 2.75. The second kappa shape index (κ2) is 8.27. The maximum atomic E-state index is 12.6. The molecule has 1 aliphatic heterocycles. The summed E-state index contributed by atoms with van der Waals surface area (Å²) in [5.41, 5.74) is 2.08. The van der Waals surface area contributed by atoms with Crippen LogP contribution in [0.5, 0.6) is 5.75 Å². The first-order valence-electron chi connectivity index (χ1n) is 10.5. The lowest BCUT2D eigenvalue weighted by atomic mass is 9.79. The maximum absolute atomic E-state index is 12.6. The van der Waals surface area contributed by atoms with Crippen LogP contribution in [0, 0.1) is 0 Å². The Morgan fingerprint density at radius 3 is 2.55 bits per heavy atom. The summed E-state index contributed by atoms with van der Waals surface area (Å²) in [4.78, 5) is 26.9. The van der Waals surface area contributed by atoms with Gasteiger partial charge in [-0.05, 0) is 37.5 Å². The van der Waals surface area contributed by atoms with Crippen LogP contribution in [-0.2, 0) is 15.0 Å². The SMILES string of the molecule is C[C@@H]1Oc2ccccc2N(CCC(=O)NCC2(c3ccccc3)CCCC2)C1=O. The van der Waals surface area contributed by atoms with Gasteiger partial charge >= 0.3 is 0 Å². The van der Waals surface area contributed by atoms with E-state index in [1.165, 1.54) is 18.4 Å². The average Bonchev–Trinajstić information content (AvgIpc) is 3.23. The molecule has 1 atom stereocenters. The molecule has 1 aliphatic carbocycles. The van der Waals surface area contributed by atoms with Crippen LogP contribution in [0.25, 0.3) is 0 Å². The fourth-order valence-electron chi connectivity index (χ4n) is 4.57. The van der Waals surface area contributed by atoms with Crippen molar-refractivity contribution >= 4 is 17.5 Å². The first-order valence-corrected chi connectivity index (χ1v) is 10.5. The van der Waals surface area contributed by atoms with Crippen LogP contribution in [0.2, 0.25) is 0 Å². The number of hydrogen-bond acceptors (Lipinski definition) is 3. The van der Waals surface area contributed by atoms with Crippen LogP contribution in [0.4, 0.5) is 5.69 Å². The smallest absolute Gasteiger partial charge is 0.267 e. The molecule has 0 spiro atoms. The zero-order valence-electron chi connectivity index (χ0n) is 16.9. The van der Waals surface area contributed by atoms with Crippen molar-refractivity contribution in [2.45, 2.75) is 50.5 Å². The van der Waals surface area contributed by atoms with Gasteiger partial charge in [0.25, 0.3) is 5.91 Å². The molecule has 0 aromatic heterocycles. The van der Waals surface area contributed by atoms with Crippen molar-refractivity contribution in [3.8, 4) is 5.75 Å². The van der Waals surface area contributed by atoms with E-state index in [1.54, 1.807) is 11.8 Å². The molecular formula is C24H28N2O3. The Morgan fingerprint density at radius 1 is 1.10 bits per heavy atom. The van der Waals surface area contributed by atoms with E-state index in [2.05, 4.69) is 29.6 Å². The number of ether oxygens (including phenoxy) is 1. The largest absolute Gasteiger partial charge is 0.479 e. The van der Waals surface area contributed by atoms with Gasteiger partial charge in [-0.25, -0.2) is 0 Å². The standard InChI is InChI=1S/C24H28N2O3/c1-18-23(28)26(20-11-5-6-12-21(20)29-18)16-13-22(27)25-17-24(14-7-8-15-24)19-9-3-2-4-10-19/h2-6,9-12,18H,7-8,13-17H2,1H3,(H,25,27)/t18-/m0/s1. The molecule has 1 fully saturated rings. The highest BCUT2D eigenvalue weighted by molar-refractivity contribution is 6.00. The third kappa shape index (κ3) is 4.00. The molecule has 152 valence electrons. The number of nitrogens with zero attached hydrogens (tertiary/aromatic N) is 1. The lowest BCUT2D eigenvalue weighted by molar-refractivity contribution is -0.125. The second-order valence-corrected chi connectivity index (χ2v) is 8.10. The fourth-order valence-corrected chi connectivity index (χ4v) is 4.57. The zero-order valence-corrected chi connectivity index (χ0v) is 16.9. The molecule has 1 heterocycles. The van der Waals surface area contributed by atoms with Crippen molar-refractivity contribution in [2.75, 3.05) is 18.0 Å².